The summed E-state index contributed by atoms with van der Waals surface area (Å²) < 4.78 is 0. The van der Waals surface area contributed by atoms with Crippen LogP contribution in [0, 0.1) is 20.8 Å². The zero-order valence-corrected chi connectivity index (χ0v) is 20.4. The summed E-state index contributed by atoms with van der Waals surface area (Å²) in [5, 5.41) is 13.9. The Balaban J connectivity index is 1.84. The minimum absolute atomic E-state index is 0.0821. The summed E-state index contributed by atoms with van der Waals surface area (Å²) in [7, 11) is 0. The van der Waals surface area contributed by atoms with Crippen LogP contribution in [0.1, 0.15) is 30.5 Å². The first-order valence-electron chi connectivity index (χ1n) is 10.2. The lowest BCUT2D eigenvalue weighted by Gasteiger charge is -2.15. The predicted octanol–water partition coefficient (Wildman–Crippen LogP) is 4.49. The second kappa shape index (κ2) is 10.2. The van der Waals surface area contributed by atoms with Crippen molar-refractivity contribution in [3.63, 3.8) is 0 Å². The van der Waals surface area contributed by atoms with Gasteiger partial charge in [0.15, 0.2) is 10.9 Å². The molecule has 0 saturated carbocycles. The Labute approximate surface area is 200 Å². The largest absolute Gasteiger partial charge is 0.325 e. The molecule has 3 rings (SSSR count). The fourth-order valence-electron chi connectivity index (χ4n) is 3.28. The highest BCUT2D eigenvalue weighted by molar-refractivity contribution is 8.00. The van der Waals surface area contributed by atoms with E-state index in [1.807, 2.05) is 32.9 Å². The number of carbonyl (C=O) groups excluding carboxylic acids is 2. The molecule has 8 nitrogen and oxygen atoms in total. The number of H-pyrrole nitrogens is 1. The van der Waals surface area contributed by atoms with Gasteiger partial charge in [-0.25, -0.2) is 0 Å². The molecule has 3 aromatic rings. The highest BCUT2D eigenvalue weighted by atomic mass is 35.5. The summed E-state index contributed by atoms with van der Waals surface area (Å²) in [5.74, 6) is -0.543. The van der Waals surface area contributed by atoms with Gasteiger partial charge >= 0.3 is 0 Å². The molecule has 0 fully saturated rings. The molecule has 1 aromatic heterocycles. The lowest BCUT2D eigenvalue weighted by Crippen LogP contribution is -2.24. The minimum atomic E-state index is -0.576. The fourth-order valence-corrected chi connectivity index (χ4v) is 4.29. The molecule has 10 heteroatoms. The number of para-hydroxylation sites is 1. The second-order valence-corrected chi connectivity index (χ2v) is 9.41. The lowest BCUT2D eigenvalue weighted by atomic mass is 10.0. The van der Waals surface area contributed by atoms with Crippen LogP contribution in [0.15, 0.2) is 40.3 Å². The summed E-state index contributed by atoms with van der Waals surface area (Å²) in [5.41, 5.74) is 3.71. The van der Waals surface area contributed by atoms with Crippen molar-refractivity contribution in [1.82, 2.24) is 15.2 Å². The van der Waals surface area contributed by atoms with Gasteiger partial charge in [-0.1, -0.05) is 47.1 Å². The van der Waals surface area contributed by atoms with Gasteiger partial charge in [-0.2, -0.15) is 0 Å². The van der Waals surface area contributed by atoms with Gasteiger partial charge in [-0.15, -0.1) is 10.2 Å². The molecule has 172 valence electrons. The molecule has 0 aliphatic carbocycles. The number of rotatable bonds is 6. The molecular formula is C23H24ClN5O3S. The first-order chi connectivity index (χ1) is 15.6. The van der Waals surface area contributed by atoms with Gasteiger partial charge < -0.3 is 10.6 Å². The van der Waals surface area contributed by atoms with Crippen LogP contribution < -0.4 is 16.2 Å². The van der Waals surface area contributed by atoms with Gasteiger partial charge in [-0.05, 0) is 51.0 Å². The van der Waals surface area contributed by atoms with Crippen molar-refractivity contribution in [3.05, 3.63) is 62.4 Å². The van der Waals surface area contributed by atoms with Gasteiger partial charge in [-0.3, -0.25) is 19.4 Å². The van der Waals surface area contributed by atoms with Gasteiger partial charge in [0, 0.05) is 12.5 Å². The van der Waals surface area contributed by atoms with Gasteiger partial charge in [0.1, 0.15) is 0 Å². The van der Waals surface area contributed by atoms with Crippen molar-refractivity contribution in [1.29, 1.82) is 0 Å². The number of nitrogens with zero attached hydrogens (tertiary/aromatic N) is 2. The number of hydrogen-bond acceptors (Lipinski definition) is 6. The van der Waals surface area contributed by atoms with Crippen LogP contribution in [0.2, 0.25) is 5.02 Å². The summed E-state index contributed by atoms with van der Waals surface area (Å²) >= 11 is 7.25. The highest BCUT2D eigenvalue weighted by Crippen LogP contribution is 2.30. The molecule has 2 aromatic carbocycles. The van der Waals surface area contributed by atoms with E-state index in [4.69, 9.17) is 11.6 Å². The zero-order valence-electron chi connectivity index (χ0n) is 18.9. The number of amides is 2. The smallest absolute Gasteiger partial charge is 0.278 e. The second-order valence-electron chi connectivity index (χ2n) is 7.67. The van der Waals surface area contributed by atoms with E-state index in [9.17, 15) is 14.4 Å². The molecule has 33 heavy (non-hydrogen) atoms. The van der Waals surface area contributed by atoms with Crippen molar-refractivity contribution in [3.8, 4) is 11.3 Å². The number of aromatic nitrogens is 3. The summed E-state index contributed by atoms with van der Waals surface area (Å²) in [4.78, 5) is 39.8. The first-order valence-corrected chi connectivity index (χ1v) is 11.4. The van der Waals surface area contributed by atoms with Gasteiger partial charge in [0.25, 0.3) is 5.56 Å². The zero-order chi connectivity index (χ0) is 24.3. The molecule has 1 heterocycles. The Morgan fingerprint density at radius 3 is 2.42 bits per heavy atom. The van der Waals surface area contributed by atoms with E-state index in [0.29, 0.717) is 22.0 Å². The molecule has 3 N–H and O–H groups in total. The standard InChI is InChI=1S/C23H24ClN5O3S/c1-11-9-13(3)18(25-15(5)30)16(10-11)20-22(32)27-23(29-28-20)33-14(4)21(31)26-19-12(2)7-6-8-17(19)24/h6-10,14H,1-5H3,(H,25,30)(H,26,31)(H,27,29,32)/t14-/m0/s1. The Bertz CT molecular complexity index is 1270. The monoisotopic (exact) mass is 485 g/mol. The molecule has 0 saturated heterocycles. The van der Waals surface area contributed by atoms with Crippen LogP contribution in [-0.2, 0) is 9.59 Å². The van der Waals surface area contributed by atoms with Gasteiger partial charge in [0.2, 0.25) is 11.8 Å². The molecule has 1 atom stereocenters. The van der Waals surface area contributed by atoms with Crippen LogP contribution in [0.25, 0.3) is 11.3 Å². The quantitative estimate of drug-likeness (QED) is 0.443. The number of nitrogens with one attached hydrogen (secondary N) is 3. The van der Waals surface area contributed by atoms with E-state index in [2.05, 4.69) is 25.8 Å². The SMILES string of the molecule is CC(=O)Nc1c(C)cc(C)cc1-c1nnc(S[C@@H](C)C(=O)Nc2c(C)cccc2Cl)[nH]c1=O. The van der Waals surface area contributed by atoms with Crippen molar-refractivity contribution in [2.45, 2.75) is 45.0 Å². The number of halogens is 1. The number of thioether (sulfide) groups is 1. The van der Waals surface area contributed by atoms with E-state index in [1.165, 1.54) is 6.92 Å². The van der Waals surface area contributed by atoms with Crippen molar-refractivity contribution >= 4 is 46.6 Å². The molecule has 0 unspecified atom stereocenters. The molecule has 0 aliphatic heterocycles. The first kappa shape index (κ1) is 24.5. The molecule has 2 amide bonds. The number of aryl methyl sites for hydroxylation is 3. The average Bonchev–Trinajstić information content (AvgIpc) is 2.72. The van der Waals surface area contributed by atoms with Crippen LogP contribution in [0.3, 0.4) is 0 Å². The molecular weight excluding hydrogens is 462 g/mol. The minimum Gasteiger partial charge on any atom is -0.325 e. The van der Waals surface area contributed by atoms with E-state index in [1.54, 1.807) is 25.1 Å². The van der Waals surface area contributed by atoms with E-state index in [0.717, 1.165) is 28.5 Å². The van der Waals surface area contributed by atoms with Crippen molar-refractivity contribution in [2.24, 2.45) is 0 Å². The third-order valence-corrected chi connectivity index (χ3v) is 6.13. The topological polar surface area (TPSA) is 117 Å². The lowest BCUT2D eigenvalue weighted by molar-refractivity contribution is -0.115. The van der Waals surface area contributed by atoms with Crippen molar-refractivity contribution < 1.29 is 9.59 Å². The number of anilines is 2. The van der Waals surface area contributed by atoms with E-state index < -0.39 is 10.8 Å². The maximum atomic E-state index is 12.8. The number of benzene rings is 2. The van der Waals surface area contributed by atoms with Crippen molar-refractivity contribution in [2.75, 3.05) is 10.6 Å². The molecule has 0 aliphatic rings. The van der Waals surface area contributed by atoms with Crippen LogP contribution in [0.5, 0.6) is 0 Å². The Morgan fingerprint density at radius 2 is 1.79 bits per heavy atom. The third kappa shape index (κ3) is 5.80. The summed E-state index contributed by atoms with van der Waals surface area (Å²) in [6.45, 7) is 8.67. The fraction of sp³-hybridized carbons (Fsp3) is 0.261. The van der Waals surface area contributed by atoms with E-state index in [-0.39, 0.29) is 22.7 Å². The number of aromatic amines is 1. The maximum absolute atomic E-state index is 12.8. The molecule has 0 bridgehead atoms. The van der Waals surface area contributed by atoms with Crippen LogP contribution >= 0.6 is 23.4 Å². The highest BCUT2D eigenvalue weighted by Gasteiger charge is 2.20. The maximum Gasteiger partial charge on any atom is 0.278 e. The Kier molecular flexibility index (Phi) is 7.55. The average molecular weight is 486 g/mol. The normalized spacial score (nSPS) is 11.7. The Hall–Kier alpha value is -3.17. The number of carbonyl (C=O) groups is 2. The molecule has 0 spiro atoms. The van der Waals surface area contributed by atoms with Gasteiger partial charge in [0.05, 0.1) is 21.6 Å². The predicted molar refractivity (Wildman–Crippen MR) is 132 cm³/mol. The van der Waals surface area contributed by atoms with Crippen LogP contribution in [-0.4, -0.2) is 32.2 Å². The third-order valence-electron chi connectivity index (χ3n) is 4.84. The summed E-state index contributed by atoms with van der Waals surface area (Å²) in [6, 6.07) is 9.03. The van der Waals surface area contributed by atoms with E-state index >= 15 is 0 Å². The Morgan fingerprint density at radius 1 is 1.06 bits per heavy atom. The molecule has 0 radical (unpaired) electrons. The van der Waals surface area contributed by atoms with Crippen LogP contribution in [0.4, 0.5) is 11.4 Å². The summed E-state index contributed by atoms with van der Waals surface area (Å²) in [6.07, 6.45) is 0. The number of hydrogen-bond donors (Lipinski definition) is 3.